The topological polar surface area (TPSA) is 0 Å². The Morgan fingerprint density at radius 1 is 1.33 bits per heavy atom. The van der Waals surface area contributed by atoms with E-state index in [1.165, 1.54) is 32.1 Å². The summed E-state index contributed by atoms with van der Waals surface area (Å²) in [7, 11) is 0. The molecule has 12 heavy (non-hydrogen) atoms. The molecule has 66 valence electrons. The molecule has 0 N–H and O–H groups in total. The Labute approximate surface area is 75.4 Å². The molecule has 2 rings (SSSR count). The third-order valence-corrected chi connectivity index (χ3v) is 3.09. The van der Waals surface area contributed by atoms with Crippen LogP contribution < -0.4 is 0 Å². The van der Waals surface area contributed by atoms with Gasteiger partial charge in [-0.05, 0) is 31.1 Å². The molecule has 0 saturated heterocycles. The highest BCUT2D eigenvalue weighted by atomic mass is 14.3. The molecule has 2 aliphatic rings. The van der Waals surface area contributed by atoms with E-state index >= 15 is 0 Å². The second-order valence-electron chi connectivity index (χ2n) is 4.09. The summed E-state index contributed by atoms with van der Waals surface area (Å²) in [6.45, 7) is 2.27. The minimum Gasteiger partial charge on any atom is -0.0810 e. The molecule has 0 aromatic heterocycles. The quantitative estimate of drug-likeness (QED) is 0.437. The summed E-state index contributed by atoms with van der Waals surface area (Å²) >= 11 is 0. The summed E-state index contributed by atoms with van der Waals surface area (Å²) in [6.07, 6.45) is 14.2. The molecule has 0 aromatic rings. The Bertz CT molecular complexity index is 210. The molecule has 0 radical (unpaired) electrons. The first-order valence-electron chi connectivity index (χ1n) is 5.29. The molecule has 0 heteroatoms. The summed E-state index contributed by atoms with van der Waals surface area (Å²) < 4.78 is 0. The molecule has 0 fully saturated rings. The maximum Gasteiger partial charge on any atom is -0.00143 e. The van der Waals surface area contributed by atoms with E-state index in [9.17, 15) is 0 Å². The Morgan fingerprint density at radius 3 is 2.83 bits per heavy atom. The normalized spacial score (nSPS) is 31.2. The molecule has 0 saturated carbocycles. The molecule has 2 unspecified atom stereocenters. The number of hydrogen-bond donors (Lipinski definition) is 0. The van der Waals surface area contributed by atoms with E-state index in [-0.39, 0.29) is 0 Å². The van der Waals surface area contributed by atoms with Crippen LogP contribution in [0.1, 0.15) is 39.0 Å². The smallest absolute Gasteiger partial charge is 0.00143 e. The largest absolute Gasteiger partial charge is 0.0810 e. The predicted molar refractivity (Wildman–Crippen MR) is 53.0 cm³/mol. The van der Waals surface area contributed by atoms with E-state index in [4.69, 9.17) is 0 Å². The molecule has 0 spiro atoms. The minimum atomic E-state index is 0.812. The molecule has 2 bridgehead atoms. The van der Waals surface area contributed by atoms with Gasteiger partial charge in [-0.3, -0.25) is 0 Å². The van der Waals surface area contributed by atoms with Crippen LogP contribution in [0.3, 0.4) is 0 Å². The number of rotatable bonds is 4. The van der Waals surface area contributed by atoms with Crippen LogP contribution in [0.2, 0.25) is 0 Å². The van der Waals surface area contributed by atoms with Crippen molar-refractivity contribution in [3.8, 4) is 0 Å². The Morgan fingerprint density at radius 2 is 2.25 bits per heavy atom. The highest BCUT2D eigenvalue weighted by Gasteiger charge is 2.26. The van der Waals surface area contributed by atoms with Gasteiger partial charge in [0, 0.05) is 0 Å². The van der Waals surface area contributed by atoms with Crippen molar-refractivity contribution in [2.45, 2.75) is 39.0 Å². The maximum atomic E-state index is 2.50. The molecule has 2 atom stereocenters. The van der Waals surface area contributed by atoms with Crippen LogP contribution >= 0.6 is 0 Å². The van der Waals surface area contributed by atoms with Crippen molar-refractivity contribution in [2.24, 2.45) is 11.8 Å². The van der Waals surface area contributed by atoms with E-state index < -0.39 is 0 Å². The van der Waals surface area contributed by atoms with Crippen LogP contribution in [0.25, 0.3) is 0 Å². The zero-order valence-corrected chi connectivity index (χ0v) is 7.92. The first-order valence-corrected chi connectivity index (χ1v) is 5.29. The van der Waals surface area contributed by atoms with Crippen LogP contribution in [0, 0.1) is 11.8 Å². The van der Waals surface area contributed by atoms with Gasteiger partial charge in [-0.25, -0.2) is 0 Å². The lowest BCUT2D eigenvalue weighted by molar-refractivity contribution is 0.653. The molecular weight excluding hydrogens is 144 g/mol. The van der Waals surface area contributed by atoms with Gasteiger partial charge in [-0.1, -0.05) is 43.6 Å². The third-order valence-electron chi connectivity index (χ3n) is 3.09. The molecule has 0 aromatic carbocycles. The second kappa shape index (κ2) is 3.47. The van der Waals surface area contributed by atoms with Gasteiger partial charge < -0.3 is 0 Å². The lowest BCUT2D eigenvalue weighted by atomic mass is 9.97. The number of hydrogen-bond acceptors (Lipinski definition) is 0. The van der Waals surface area contributed by atoms with Crippen LogP contribution in [-0.2, 0) is 0 Å². The third kappa shape index (κ3) is 1.48. The van der Waals surface area contributed by atoms with E-state index in [0.29, 0.717) is 0 Å². The van der Waals surface area contributed by atoms with Gasteiger partial charge in [0.15, 0.2) is 0 Å². The van der Waals surface area contributed by atoms with Crippen LogP contribution in [0.15, 0.2) is 23.8 Å². The SMILES string of the molecule is CCCCCC1=CC2C=CC1C2. The molecule has 0 heterocycles. The van der Waals surface area contributed by atoms with Gasteiger partial charge in [-0.15, -0.1) is 0 Å². The fourth-order valence-electron chi connectivity index (χ4n) is 2.37. The van der Waals surface area contributed by atoms with Gasteiger partial charge in [-0.2, -0.15) is 0 Å². The monoisotopic (exact) mass is 162 g/mol. The second-order valence-corrected chi connectivity index (χ2v) is 4.09. The van der Waals surface area contributed by atoms with Crippen molar-refractivity contribution in [3.63, 3.8) is 0 Å². The van der Waals surface area contributed by atoms with Gasteiger partial charge in [0.1, 0.15) is 0 Å². The molecule has 0 amide bonds. The van der Waals surface area contributed by atoms with Crippen molar-refractivity contribution in [1.82, 2.24) is 0 Å². The van der Waals surface area contributed by atoms with E-state index in [1.807, 2.05) is 0 Å². The lowest BCUT2D eigenvalue weighted by Crippen LogP contribution is -1.93. The zero-order chi connectivity index (χ0) is 8.39. The molecule has 0 aliphatic heterocycles. The molecular formula is C12H18. The fraction of sp³-hybridized carbons (Fsp3) is 0.667. The average Bonchev–Trinajstić information content (AvgIpc) is 2.65. The molecule has 2 aliphatic carbocycles. The standard InChI is InChI=1S/C12H18/c1-2-3-4-5-11-8-10-6-7-12(11)9-10/h6-8,10,12H,2-5,9H2,1H3. The van der Waals surface area contributed by atoms with Gasteiger partial charge in [0.2, 0.25) is 0 Å². The first-order chi connectivity index (χ1) is 5.90. The van der Waals surface area contributed by atoms with Crippen molar-refractivity contribution in [3.05, 3.63) is 23.8 Å². The summed E-state index contributed by atoms with van der Waals surface area (Å²) in [6, 6.07) is 0. The zero-order valence-electron chi connectivity index (χ0n) is 7.92. The summed E-state index contributed by atoms with van der Waals surface area (Å²) in [5.41, 5.74) is 1.73. The summed E-state index contributed by atoms with van der Waals surface area (Å²) in [5, 5.41) is 0. The predicted octanol–water partition coefficient (Wildman–Crippen LogP) is 3.70. The van der Waals surface area contributed by atoms with E-state index in [0.717, 1.165) is 11.8 Å². The van der Waals surface area contributed by atoms with Crippen molar-refractivity contribution < 1.29 is 0 Å². The Balaban J connectivity index is 1.79. The van der Waals surface area contributed by atoms with Gasteiger partial charge in [0.05, 0.1) is 0 Å². The maximum absolute atomic E-state index is 2.50. The fourth-order valence-corrected chi connectivity index (χ4v) is 2.37. The lowest BCUT2D eigenvalue weighted by Gasteiger charge is -2.08. The Kier molecular flexibility index (Phi) is 2.34. The van der Waals surface area contributed by atoms with E-state index in [1.54, 1.807) is 5.57 Å². The van der Waals surface area contributed by atoms with Crippen LogP contribution in [0.5, 0.6) is 0 Å². The van der Waals surface area contributed by atoms with Crippen molar-refractivity contribution >= 4 is 0 Å². The number of fused-ring (bicyclic) bond motifs is 2. The van der Waals surface area contributed by atoms with Gasteiger partial charge in [0.25, 0.3) is 0 Å². The minimum absolute atomic E-state index is 0.812. The number of allylic oxidation sites excluding steroid dienone is 4. The Hall–Kier alpha value is -0.520. The molecule has 0 nitrogen and oxygen atoms in total. The first kappa shape index (κ1) is 8.10. The average molecular weight is 162 g/mol. The van der Waals surface area contributed by atoms with Crippen LogP contribution in [-0.4, -0.2) is 0 Å². The summed E-state index contributed by atoms with van der Waals surface area (Å²) in [4.78, 5) is 0. The number of unbranched alkanes of at least 4 members (excludes halogenated alkanes) is 2. The highest BCUT2D eigenvalue weighted by molar-refractivity contribution is 5.29. The van der Waals surface area contributed by atoms with Crippen LogP contribution in [0.4, 0.5) is 0 Å². The van der Waals surface area contributed by atoms with Gasteiger partial charge >= 0.3 is 0 Å². The van der Waals surface area contributed by atoms with Crippen molar-refractivity contribution in [2.75, 3.05) is 0 Å². The van der Waals surface area contributed by atoms with E-state index in [2.05, 4.69) is 25.2 Å². The summed E-state index contributed by atoms with van der Waals surface area (Å²) in [5.74, 6) is 1.65. The van der Waals surface area contributed by atoms with Crippen molar-refractivity contribution in [1.29, 1.82) is 0 Å². The highest BCUT2D eigenvalue weighted by Crippen LogP contribution is 2.40.